The minimum Gasteiger partial charge on any atom is -0.491 e. The third kappa shape index (κ3) is 4.33. The second-order valence-corrected chi connectivity index (χ2v) is 7.75. The van der Waals surface area contributed by atoms with E-state index in [9.17, 15) is 4.79 Å². The maximum Gasteiger partial charge on any atom is 0.234 e. The van der Waals surface area contributed by atoms with Gasteiger partial charge in [0.15, 0.2) is 5.79 Å². The molecule has 1 saturated carbocycles. The summed E-state index contributed by atoms with van der Waals surface area (Å²) in [5.74, 6) is 0.270. The minimum atomic E-state index is -0.671. The molecule has 0 bridgehead atoms. The molecule has 5 nitrogen and oxygen atoms in total. The molecule has 3 rings (SSSR count). The molecule has 2 aliphatic rings. The Hall–Kier alpha value is -1.59. The van der Waals surface area contributed by atoms with Gasteiger partial charge in [-0.3, -0.25) is 4.79 Å². The quantitative estimate of drug-likeness (QED) is 0.890. The van der Waals surface area contributed by atoms with Crippen LogP contribution < -0.4 is 10.1 Å². The predicted octanol–water partition coefficient (Wildman–Crippen LogP) is 4.13. The lowest BCUT2D eigenvalue weighted by Gasteiger charge is -2.45. The van der Waals surface area contributed by atoms with E-state index in [1.165, 1.54) is 6.42 Å². The van der Waals surface area contributed by atoms with E-state index in [1.807, 2.05) is 45.0 Å². The van der Waals surface area contributed by atoms with E-state index in [0.29, 0.717) is 13.2 Å². The molecule has 1 aliphatic heterocycles. The predicted molar refractivity (Wildman–Crippen MR) is 96.7 cm³/mol. The Morgan fingerprint density at radius 3 is 2.24 bits per heavy atom. The van der Waals surface area contributed by atoms with E-state index >= 15 is 0 Å². The number of rotatable bonds is 4. The Kier molecular flexibility index (Phi) is 5.35. The average molecular weight is 347 g/mol. The Balaban J connectivity index is 1.57. The van der Waals surface area contributed by atoms with Gasteiger partial charge in [-0.1, -0.05) is 6.42 Å². The van der Waals surface area contributed by atoms with Gasteiger partial charge in [0.2, 0.25) is 5.91 Å². The summed E-state index contributed by atoms with van der Waals surface area (Å²) in [5, 5.41) is 2.97. The zero-order chi connectivity index (χ0) is 17.9. The van der Waals surface area contributed by atoms with Crippen LogP contribution in [0.15, 0.2) is 24.3 Å². The van der Waals surface area contributed by atoms with Crippen LogP contribution in [0.3, 0.4) is 0 Å². The fraction of sp³-hybridized carbons (Fsp3) is 0.650. The Bertz CT molecular complexity index is 580. The van der Waals surface area contributed by atoms with Crippen molar-refractivity contribution in [1.82, 2.24) is 0 Å². The molecule has 25 heavy (non-hydrogen) atoms. The summed E-state index contributed by atoms with van der Waals surface area (Å²) in [6.45, 7) is 6.66. The lowest BCUT2D eigenvalue weighted by atomic mass is 9.87. The van der Waals surface area contributed by atoms with Gasteiger partial charge in [0.05, 0.1) is 24.7 Å². The number of hydrogen-bond acceptors (Lipinski definition) is 4. The van der Waals surface area contributed by atoms with Crippen LogP contribution in [0.2, 0.25) is 0 Å². The molecule has 0 aromatic heterocycles. The summed E-state index contributed by atoms with van der Waals surface area (Å²) in [6.07, 6.45) is 5.50. The van der Waals surface area contributed by atoms with Crippen LogP contribution in [0.4, 0.5) is 5.69 Å². The third-order valence-electron chi connectivity index (χ3n) is 4.96. The van der Waals surface area contributed by atoms with E-state index in [4.69, 9.17) is 14.2 Å². The highest BCUT2D eigenvalue weighted by Gasteiger charge is 2.46. The van der Waals surface area contributed by atoms with Gasteiger partial charge in [0.25, 0.3) is 0 Å². The largest absolute Gasteiger partial charge is 0.491 e. The standard InChI is InChI=1S/C20H29NO4/c1-15(2)25-17-9-7-16(8-10-17)21-18(22)19(3)13-23-20(24-14-19)11-5-4-6-12-20/h7-10,15H,4-6,11-14H2,1-3H3,(H,21,22). The van der Waals surface area contributed by atoms with Crippen LogP contribution in [0.1, 0.15) is 52.9 Å². The van der Waals surface area contributed by atoms with Crippen molar-refractivity contribution >= 4 is 11.6 Å². The van der Waals surface area contributed by atoms with Crippen molar-refractivity contribution in [2.45, 2.75) is 64.8 Å². The summed E-state index contributed by atoms with van der Waals surface area (Å²) >= 11 is 0. The van der Waals surface area contributed by atoms with Gasteiger partial charge in [0, 0.05) is 18.5 Å². The maximum atomic E-state index is 12.7. The van der Waals surface area contributed by atoms with Crippen LogP contribution in [-0.2, 0) is 14.3 Å². The molecule has 138 valence electrons. The van der Waals surface area contributed by atoms with Gasteiger partial charge in [-0.05, 0) is 57.9 Å². The lowest BCUT2D eigenvalue weighted by molar-refractivity contribution is -0.306. The molecule has 1 saturated heterocycles. The van der Waals surface area contributed by atoms with Gasteiger partial charge in [-0.2, -0.15) is 0 Å². The van der Waals surface area contributed by atoms with E-state index in [-0.39, 0.29) is 12.0 Å². The molecule has 1 aliphatic carbocycles. The molecular formula is C20H29NO4. The first-order valence-corrected chi connectivity index (χ1v) is 9.27. The summed E-state index contributed by atoms with van der Waals surface area (Å²) in [6, 6.07) is 7.43. The first-order valence-electron chi connectivity index (χ1n) is 9.27. The van der Waals surface area contributed by atoms with Crippen LogP contribution in [0.5, 0.6) is 5.75 Å². The van der Waals surface area contributed by atoms with Crippen molar-refractivity contribution in [1.29, 1.82) is 0 Å². The molecule has 1 heterocycles. The summed E-state index contributed by atoms with van der Waals surface area (Å²) in [4.78, 5) is 12.7. The molecule has 1 aromatic rings. The second kappa shape index (κ2) is 7.34. The summed E-state index contributed by atoms with van der Waals surface area (Å²) in [5.41, 5.74) is 0.0794. The summed E-state index contributed by atoms with van der Waals surface area (Å²) in [7, 11) is 0. The molecular weight excluding hydrogens is 318 g/mol. The van der Waals surface area contributed by atoms with E-state index in [0.717, 1.165) is 37.1 Å². The average Bonchev–Trinajstić information content (AvgIpc) is 2.60. The molecule has 0 atom stereocenters. The topological polar surface area (TPSA) is 56.8 Å². The van der Waals surface area contributed by atoms with Crippen molar-refractivity contribution in [3.63, 3.8) is 0 Å². The normalized spacial score (nSPS) is 21.9. The Morgan fingerprint density at radius 1 is 1.08 bits per heavy atom. The fourth-order valence-corrected chi connectivity index (χ4v) is 3.35. The molecule has 1 aromatic carbocycles. The van der Waals surface area contributed by atoms with Gasteiger partial charge >= 0.3 is 0 Å². The van der Waals surface area contributed by atoms with Gasteiger partial charge in [-0.25, -0.2) is 0 Å². The van der Waals surface area contributed by atoms with Crippen LogP contribution >= 0.6 is 0 Å². The summed E-state index contributed by atoms with van der Waals surface area (Å²) < 4.78 is 17.7. The number of hydrogen-bond donors (Lipinski definition) is 1. The highest BCUT2D eigenvalue weighted by Crippen LogP contribution is 2.39. The molecule has 0 radical (unpaired) electrons. The molecule has 5 heteroatoms. The lowest BCUT2D eigenvalue weighted by Crippen LogP contribution is -2.53. The molecule has 2 fully saturated rings. The zero-order valence-electron chi connectivity index (χ0n) is 15.5. The third-order valence-corrected chi connectivity index (χ3v) is 4.96. The molecule has 1 N–H and O–H groups in total. The number of amides is 1. The van der Waals surface area contributed by atoms with Crippen LogP contribution in [0.25, 0.3) is 0 Å². The highest BCUT2D eigenvalue weighted by atomic mass is 16.7. The van der Waals surface area contributed by atoms with E-state index in [2.05, 4.69) is 5.32 Å². The van der Waals surface area contributed by atoms with Crippen LogP contribution in [-0.4, -0.2) is 31.0 Å². The van der Waals surface area contributed by atoms with Crippen molar-refractivity contribution in [2.24, 2.45) is 5.41 Å². The Morgan fingerprint density at radius 2 is 1.68 bits per heavy atom. The number of carbonyl (C=O) groups excluding carboxylic acids is 1. The smallest absolute Gasteiger partial charge is 0.234 e. The van der Waals surface area contributed by atoms with Gasteiger partial charge in [-0.15, -0.1) is 0 Å². The molecule has 1 amide bonds. The highest BCUT2D eigenvalue weighted by molar-refractivity contribution is 5.95. The Labute approximate surface area is 150 Å². The number of nitrogens with one attached hydrogen (secondary N) is 1. The van der Waals surface area contributed by atoms with Gasteiger partial charge < -0.3 is 19.5 Å². The second-order valence-electron chi connectivity index (χ2n) is 7.75. The number of carbonyl (C=O) groups is 1. The minimum absolute atomic E-state index is 0.0734. The van der Waals surface area contributed by atoms with Gasteiger partial charge in [0.1, 0.15) is 5.75 Å². The van der Waals surface area contributed by atoms with Crippen LogP contribution in [0, 0.1) is 5.41 Å². The van der Waals surface area contributed by atoms with Crippen molar-refractivity contribution in [2.75, 3.05) is 18.5 Å². The number of benzene rings is 1. The first-order chi connectivity index (χ1) is 11.9. The molecule has 1 spiro atoms. The van der Waals surface area contributed by atoms with Crippen molar-refractivity contribution in [3.05, 3.63) is 24.3 Å². The van der Waals surface area contributed by atoms with Crippen molar-refractivity contribution in [3.8, 4) is 5.75 Å². The number of ether oxygens (including phenoxy) is 3. The number of anilines is 1. The first kappa shape index (κ1) is 18.2. The van der Waals surface area contributed by atoms with E-state index < -0.39 is 11.2 Å². The zero-order valence-corrected chi connectivity index (χ0v) is 15.5. The monoisotopic (exact) mass is 347 g/mol. The maximum absolute atomic E-state index is 12.7. The van der Waals surface area contributed by atoms with E-state index in [1.54, 1.807) is 0 Å². The molecule has 0 unspecified atom stereocenters. The van der Waals surface area contributed by atoms with Crippen molar-refractivity contribution < 1.29 is 19.0 Å². The fourth-order valence-electron chi connectivity index (χ4n) is 3.35. The SMILES string of the molecule is CC(C)Oc1ccc(NC(=O)C2(C)COC3(CCCCC3)OC2)cc1.